The number of nitrogens with zero attached hydrogens (tertiary/aromatic N) is 2. The first-order valence-electron chi connectivity index (χ1n) is 5.09. The highest BCUT2D eigenvalue weighted by atomic mass is 16.2. The number of amides is 2. The predicted molar refractivity (Wildman–Crippen MR) is 61.5 cm³/mol. The quantitative estimate of drug-likeness (QED) is 0.600. The summed E-state index contributed by atoms with van der Waals surface area (Å²) in [5.41, 5.74) is 0.941. The first kappa shape index (κ1) is 12.7. The Morgan fingerprint density at radius 2 is 2.00 bits per heavy atom. The molecule has 0 spiro atoms. The van der Waals surface area contributed by atoms with Crippen LogP contribution in [-0.4, -0.2) is 30.3 Å². The van der Waals surface area contributed by atoms with E-state index in [2.05, 4.69) is 5.32 Å². The fourth-order valence-corrected chi connectivity index (χ4v) is 1.30. The molecule has 0 heterocycles. The van der Waals surface area contributed by atoms with Crippen LogP contribution in [0, 0.1) is 11.3 Å². The van der Waals surface area contributed by atoms with Gasteiger partial charge in [0.05, 0.1) is 6.07 Å². The molecule has 2 amide bonds. The highest BCUT2D eigenvalue weighted by Crippen LogP contribution is 2.02. The van der Waals surface area contributed by atoms with E-state index in [0.717, 1.165) is 5.56 Å². The molecule has 5 nitrogen and oxygen atoms in total. The van der Waals surface area contributed by atoms with Gasteiger partial charge in [0, 0.05) is 13.6 Å². The smallest absolute Gasteiger partial charge is 0.311 e. The van der Waals surface area contributed by atoms with Crippen LogP contribution in [0.25, 0.3) is 0 Å². The van der Waals surface area contributed by atoms with E-state index < -0.39 is 11.8 Å². The van der Waals surface area contributed by atoms with Gasteiger partial charge in [0.2, 0.25) is 0 Å². The maximum Gasteiger partial charge on any atom is 0.311 e. The molecule has 88 valence electrons. The van der Waals surface area contributed by atoms with Gasteiger partial charge in [-0.1, -0.05) is 30.3 Å². The van der Waals surface area contributed by atoms with Gasteiger partial charge in [0.25, 0.3) is 0 Å². The summed E-state index contributed by atoms with van der Waals surface area (Å²) >= 11 is 0. The molecule has 0 aliphatic carbocycles. The second kappa shape index (κ2) is 6.28. The van der Waals surface area contributed by atoms with Gasteiger partial charge >= 0.3 is 11.8 Å². The summed E-state index contributed by atoms with van der Waals surface area (Å²) in [4.78, 5) is 24.1. The van der Waals surface area contributed by atoms with E-state index in [1.54, 1.807) is 13.1 Å². The third-order valence-electron chi connectivity index (χ3n) is 2.13. The number of hydrogen-bond acceptors (Lipinski definition) is 3. The predicted octanol–water partition coefficient (Wildman–Crippen LogP) is 0.285. The third-order valence-corrected chi connectivity index (χ3v) is 2.13. The first-order valence-corrected chi connectivity index (χ1v) is 5.09. The summed E-state index contributed by atoms with van der Waals surface area (Å²) in [6, 6.07) is 11.1. The Morgan fingerprint density at radius 1 is 1.35 bits per heavy atom. The molecule has 0 aliphatic heterocycles. The van der Waals surface area contributed by atoms with Crippen LogP contribution in [0.15, 0.2) is 30.3 Å². The van der Waals surface area contributed by atoms with E-state index in [0.29, 0.717) is 6.54 Å². The van der Waals surface area contributed by atoms with Crippen LogP contribution in [0.1, 0.15) is 5.56 Å². The molecule has 17 heavy (non-hydrogen) atoms. The minimum atomic E-state index is -0.759. The number of nitrogens with one attached hydrogen (secondary N) is 1. The van der Waals surface area contributed by atoms with E-state index in [4.69, 9.17) is 5.26 Å². The lowest BCUT2D eigenvalue weighted by atomic mass is 10.2. The van der Waals surface area contributed by atoms with Crippen molar-refractivity contribution in [3.8, 4) is 6.07 Å². The summed E-state index contributed by atoms with van der Waals surface area (Å²) in [6.07, 6.45) is 0. The van der Waals surface area contributed by atoms with Crippen molar-refractivity contribution in [2.24, 2.45) is 0 Å². The fourth-order valence-electron chi connectivity index (χ4n) is 1.30. The van der Waals surface area contributed by atoms with E-state index >= 15 is 0 Å². The molecular weight excluding hydrogens is 218 g/mol. The Bertz CT molecular complexity index is 437. The van der Waals surface area contributed by atoms with Crippen molar-refractivity contribution in [2.75, 3.05) is 13.6 Å². The largest absolute Gasteiger partial charge is 0.335 e. The first-order chi connectivity index (χ1) is 8.15. The number of carbonyl (C=O) groups excluding carboxylic acids is 2. The van der Waals surface area contributed by atoms with Crippen molar-refractivity contribution in [1.82, 2.24) is 10.2 Å². The summed E-state index contributed by atoms with van der Waals surface area (Å²) in [7, 11) is 1.54. The summed E-state index contributed by atoms with van der Waals surface area (Å²) in [5, 5.41) is 10.5. The molecule has 0 atom stereocenters. The zero-order chi connectivity index (χ0) is 12.7. The minimum Gasteiger partial charge on any atom is -0.335 e. The van der Waals surface area contributed by atoms with Crippen LogP contribution < -0.4 is 5.32 Å². The van der Waals surface area contributed by atoms with Crippen LogP contribution in [0.2, 0.25) is 0 Å². The monoisotopic (exact) mass is 231 g/mol. The Labute approximate surface area is 99.6 Å². The molecule has 0 saturated carbocycles. The van der Waals surface area contributed by atoms with Crippen molar-refractivity contribution < 1.29 is 9.59 Å². The SMILES string of the molecule is CN(Cc1ccccc1)C(=O)C(=O)NCC#N. The molecule has 0 saturated heterocycles. The van der Waals surface area contributed by atoms with Gasteiger partial charge < -0.3 is 10.2 Å². The Kier molecular flexibility index (Phi) is 4.70. The molecule has 1 aromatic rings. The Morgan fingerprint density at radius 3 is 2.59 bits per heavy atom. The lowest BCUT2D eigenvalue weighted by Gasteiger charge is -2.16. The number of hydrogen-bond donors (Lipinski definition) is 1. The van der Waals surface area contributed by atoms with E-state index in [9.17, 15) is 9.59 Å². The molecule has 1 rings (SSSR count). The van der Waals surface area contributed by atoms with E-state index in [1.807, 2.05) is 30.3 Å². The van der Waals surface area contributed by atoms with Crippen molar-refractivity contribution in [2.45, 2.75) is 6.54 Å². The molecule has 0 radical (unpaired) electrons. The van der Waals surface area contributed by atoms with Crippen LogP contribution in [0.3, 0.4) is 0 Å². The zero-order valence-electron chi connectivity index (χ0n) is 9.51. The van der Waals surface area contributed by atoms with Crippen molar-refractivity contribution in [1.29, 1.82) is 5.26 Å². The maximum atomic E-state index is 11.6. The topological polar surface area (TPSA) is 73.2 Å². The summed E-state index contributed by atoms with van der Waals surface area (Å²) < 4.78 is 0. The maximum absolute atomic E-state index is 11.6. The van der Waals surface area contributed by atoms with Crippen molar-refractivity contribution in [3.63, 3.8) is 0 Å². The number of carbonyl (C=O) groups is 2. The van der Waals surface area contributed by atoms with Crippen molar-refractivity contribution >= 4 is 11.8 Å². The van der Waals surface area contributed by atoms with Gasteiger partial charge in [-0.25, -0.2) is 0 Å². The number of likely N-dealkylation sites (N-methyl/N-ethyl adjacent to an activating group) is 1. The standard InChI is InChI=1S/C12H13N3O2/c1-15(9-10-5-3-2-4-6-10)12(17)11(16)14-8-7-13/h2-6H,8-9H2,1H3,(H,14,16). The number of benzene rings is 1. The molecular formula is C12H13N3O2. The highest BCUT2D eigenvalue weighted by molar-refractivity contribution is 6.34. The molecule has 0 aromatic heterocycles. The average molecular weight is 231 g/mol. The Hall–Kier alpha value is -2.35. The summed E-state index contributed by atoms with van der Waals surface area (Å²) in [6.45, 7) is 0.198. The van der Waals surface area contributed by atoms with Gasteiger partial charge in [-0.05, 0) is 5.56 Å². The molecule has 0 bridgehead atoms. The van der Waals surface area contributed by atoms with Crippen LogP contribution in [0.4, 0.5) is 0 Å². The van der Waals surface area contributed by atoms with E-state index in [-0.39, 0.29) is 6.54 Å². The average Bonchev–Trinajstić information content (AvgIpc) is 2.36. The van der Waals surface area contributed by atoms with E-state index in [1.165, 1.54) is 4.90 Å². The van der Waals surface area contributed by atoms with Gasteiger partial charge in [0.1, 0.15) is 6.54 Å². The lowest BCUT2D eigenvalue weighted by molar-refractivity contribution is -0.145. The Balaban J connectivity index is 2.53. The molecule has 5 heteroatoms. The molecule has 1 aromatic carbocycles. The van der Waals surface area contributed by atoms with Crippen LogP contribution >= 0.6 is 0 Å². The molecule has 0 aliphatic rings. The van der Waals surface area contributed by atoms with Gasteiger partial charge in [-0.15, -0.1) is 0 Å². The zero-order valence-corrected chi connectivity index (χ0v) is 9.51. The second-order valence-corrected chi connectivity index (χ2v) is 3.49. The highest BCUT2D eigenvalue weighted by Gasteiger charge is 2.17. The minimum absolute atomic E-state index is 0.163. The number of nitriles is 1. The summed E-state index contributed by atoms with van der Waals surface area (Å²) in [5.74, 6) is -1.41. The third kappa shape index (κ3) is 3.95. The normalized spacial score (nSPS) is 9.18. The van der Waals surface area contributed by atoms with Gasteiger partial charge in [0.15, 0.2) is 0 Å². The number of rotatable bonds is 3. The second-order valence-electron chi connectivity index (χ2n) is 3.49. The fraction of sp³-hybridized carbons (Fsp3) is 0.250. The van der Waals surface area contributed by atoms with Gasteiger partial charge in [-0.3, -0.25) is 9.59 Å². The van der Waals surface area contributed by atoms with Crippen LogP contribution in [0.5, 0.6) is 0 Å². The van der Waals surface area contributed by atoms with Crippen LogP contribution in [-0.2, 0) is 16.1 Å². The molecule has 1 N–H and O–H groups in total. The molecule has 0 fully saturated rings. The van der Waals surface area contributed by atoms with Gasteiger partial charge in [-0.2, -0.15) is 5.26 Å². The molecule has 0 unspecified atom stereocenters. The lowest BCUT2D eigenvalue weighted by Crippen LogP contribution is -2.40. The van der Waals surface area contributed by atoms with Crippen molar-refractivity contribution in [3.05, 3.63) is 35.9 Å².